The Balaban J connectivity index is 0.875. The van der Waals surface area contributed by atoms with Gasteiger partial charge in [0.15, 0.2) is 5.58 Å². The van der Waals surface area contributed by atoms with Crippen LogP contribution in [0.15, 0.2) is 229 Å². The van der Waals surface area contributed by atoms with Gasteiger partial charge in [-0.05, 0) is 180 Å². The molecule has 0 amide bonds. The summed E-state index contributed by atoms with van der Waals surface area (Å²) in [5.74, 6) is 1.20. The lowest BCUT2D eigenvalue weighted by Crippen LogP contribution is -2.26. The van der Waals surface area contributed by atoms with Gasteiger partial charge < -0.3 is 9.32 Å². The first kappa shape index (κ1) is 44.8. The smallest absolute Gasteiger partial charge is 0.159 e. The van der Waals surface area contributed by atoms with Crippen LogP contribution in [-0.4, -0.2) is 0 Å². The van der Waals surface area contributed by atoms with E-state index in [0.29, 0.717) is 11.8 Å². The number of hydrogen-bond acceptors (Lipinski definition) is 2. The number of furan rings is 1. The first-order valence-corrected chi connectivity index (χ1v) is 28.5. The van der Waals surface area contributed by atoms with Crippen LogP contribution in [0.5, 0.6) is 0 Å². The van der Waals surface area contributed by atoms with E-state index in [1.807, 2.05) is 0 Å². The Bertz CT molecular complexity index is 4250. The zero-order valence-corrected chi connectivity index (χ0v) is 43.4. The lowest BCUT2D eigenvalue weighted by atomic mass is 9.69. The largest absolute Gasteiger partial charge is 0.454 e. The van der Waals surface area contributed by atoms with Gasteiger partial charge in [0, 0.05) is 22.0 Å². The average molecular weight is 990 g/mol. The van der Waals surface area contributed by atoms with Gasteiger partial charge in [0.2, 0.25) is 0 Å². The molecule has 2 fully saturated rings. The number of hydrogen-bond donors (Lipinski definition) is 0. The molecule has 4 aliphatic carbocycles. The Labute approximate surface area is 451 Å². The van der Waals surface area contributed by atoms with Gasteiger partial charge in [0.1, 0.15) is 5.58 Å². The molecule has 11 aromatic carbocycles. The van der Waals surface area contributed by atoms with Crippen LogP contribution >= 0.6 is 0 Å². The standard InChI is InChI=1S/C75H59NO/c1-3-15-48(16-4-1)58-37-41-61-62-42-38-59(49-17-5-2-6-18-49)47-69(62)75(68(61)46-58)66-24-11-9-22-65(66)73-67(75)25-14-26-70(73)76(71-27-13-23-64-63-21-10-12-28-72(63)77-74(64)71)60-39-35-51(36-40-60)53-31-32-56-45-57(34-33-55(56)44-53)54-30-29-50-19-7-8-20-52(50)43-54/h7-14,19-49H,1-6,15-18H2. The molecule has 1 spiro atoms. The molecule has 0 aliphatic heterocycles. The third-order valence-corrected chi connectivity index (χ3v) is 18.6. The molecule has 0 unspecified atom stereocenters. The van der Waals surface area contributed by atoms with Crippen molar-refractivity contribution in [1.82, 2.24) is 0 Å². The van der Waals surface area contributed by atoms with Crippen LogP contribution in [0.1, 0.15) is 109 Å². The summed E-state index contributed by atoms with van der Waals surface area (Å²) in [4.78, 5) is 2.51. The lowest BCUT2D eigenvalue weighted by Gasteiger charge is -2.33. The molecular weight excluding hydrogens is 931 g/mol. The van der Waals surface area contributed by atoms with Crippen molar-refractivity contribution in [3.05, 3.63) is 258 Å². The van der Waals surface area contributed by atoms with Crippen LogP contribution in [0.25, 0.3) is 88.0 Å². The van der Waals surface area contributed by atoms with Gasteiger partial charge >= 0.3 is 0 Å². The van der Waals surface area contributed by atoms with Crippen molar-refractivity contribution in [2.75, 3.05) is 4.90 Å². The van der Waals surface area contributed by atoms with Crippen molar-refractivity contribution in [3.8, 4) is 44.5 Å². The second-order valence-corrected chi connectivity index (χ2v) is 22.7. The van der Waals surface area contributed by atoms with E-state index in [1.165, 1.54) is 164 Å². The summed E-state index contributed by atoms with van der Waals surface area (Å²) in [5, 5.41) is 7.24. The fraction of sp³-hybridized carbons (Fsp3) is 0.173. The normalized spacial score (nSPS) is 15.8. The Morgan fingerprint density at radius 1 is 0.351 bits per heavy atom. The molecule has 0 saturated heterocycles. The maximum absolute atomic E-state index is 6.97. The highest BCUT2D eigenvalue weighted by atomic mass is 16.3. The molecule has 370 valence electrons. The van der Waals surface area contributed by atoms with E-state index in [0.717, 1.165) is 39.0 Å². The minimum Gasteiger partial charge on any atom is -0.454 e. The third-order valence-electron chi connectivity index (χ3n) is 18.6. The van der Waals surface area contributed by atoms with Crippen molar-refractivity contribution in [3.63, 3.8) is 0 Å². The van der Waals surface area contributed by atoms with E-state index in [9.17, 15) is 0 Å². The average Bonchev–Trinajstić information content (AvgIpc) is 4.35. The summed E-state index contributed by atoms with van der Waals surface area (Å²) in [6.07, 6.45) is 13.1. The maximum Gasteiger partial charge on any atom is 0.159 e. The third kappa shape index (κ3) is 7.00. The van der Waals surface area contributed by atoms with E-state index in [4.69, 9.17) is 4.42 Å². The molecule has 16 rings (SSSR count). The van der Waals surface area contributed by atoms with Gasteiger partial charge in [-0.1, -0.05) is 214 Å². The second kappa shape index (κ2) is 17.8. The summed E-state index contributed by atoms with van der Waals surface area (Å²) >= 11 is 0. The van der Waals surface area contributed by atoms with E-state index < -0.39 is 5.41 Å². The van der Waals surface area contributed by atoms with Crippen molar-refractivity contribution in [2.24, 2.45) is 0 Å². The highest BCUT2D eigenvalue weighted by molar-refractivity contribution is 6.11. The van der Waals surface area contributed by atoms with Gasteiger partial charge in [0.25, 0.3) is 0 Å². The van der Waals surface area contributed by atoms with Crippen LogP contribution in [0, 0.1) is 0 Å². The fourth-order valence-electron chi connectivity index (χ4n) is 14.9. The number of anilines is 3. The predicted molar refractivity (Wildman–Crippen MR) is 322 cm³/mol. The Hall–Kier alpha value is -8.46. The Morgan fingerprint density at radius 3 is 1.56 bits per heavy atom. The molecule has 0 radical (unpaired) electrons. The Kier molecular flexibility index (Phi) is 10.4. The highest BCUT2D eigenvalue weighted by Crippen LogP contribution is 2.66. The van der Waals surface area contributed by atoms with Crippen molar-refractivity contribution >= 4 is 60.5 Å². The molecule has 0 bridgehead atoms. The number of benzene rings is 11. The first-order valence-electron chi connectivity index (χ1n) is 28.5. The molecule has 4 aliphatic rings. The summed E-state index contributed by atoms with van der Waals surface area (Å²) in [5.41, 5.74) is 23.5. The fourth-order valence-corrected chi connectivity index (χ4v) is 14.9. The van der Waals surface area contributed by atoms with Crippen molar-refractivity contribution < 1.29 is 4.42 Å². The number of nitrogens with zero attached hydrogens (tertiary/aromatic N) is 1. The van der Waals surface area contributed by atoms with Gasteiger partial charge in [-0.25, -0.2) is 0 Å². The molecule has 77 heavy (non-hydrogen) atoms. The molecule has 2 nitrogen and oxygen atoms in total. The lowest BCUT2D eigenvalue weighted by molar-refractivity contribution is 0.443. The molecular formula is C75H59NO. The van der Waals surface area contributed by atoms with Crippen LogP contribution in [-0.2, 0) is 5.41 Å². The quantitative estimate of drug-likeness (QED) is 0.158. The van der Waals surface area contributed by atoms with Gasteiger partial charge in [-0.15, -0.1) is 0 Å². The van der Waals surface area contributed by atoms with E-state index in [1.54, 1.807) is 0 Å². The van der Waals surface area contributed by atoms with Gasteiger partial charge in [-0.2, -0.15) is 0 Å². The highest BCUT2D eigenvalue weighted by Gasteiger charge is 2.53. The summed E-state index contributed by atoms with van der Waals surface area (Å²) < 4.78 is 6.97. The second-order valence-electron chi connectivity index (χ2n) is 22.7. The molecule has 2 saturated carbocycles. The topological polar surface area (TPSA) is 16.4 Å². The summed E-state index contributed by atoms with van der Waals surface area (Å²) in [6.45, 7) is 0. The van der Waals surface area contributed by atoms with Gasteiger partial charge in [0.05, 0.1) is 16.8 Å². The Morgan fingerprint density at radius 2 is 0.870 bits per heavy atom. The van der Waals surface area contributed by atoms with Crippen LogP contribution in [0.3, 0.4) is 0 Å². The SMILES string of the molecule is c1ccc2c(c1)-c1c(N(c3ccc(-c4ccc5cc(-c6ccc7ccccc7c6)ccc5c4)cc3)c3cccc4c3oc3ccccc34)cccc1C21c2cc(C3CCCCC3)ccc2-c2ccc(C3CCCCC3)cc21. The predicted octanol–water partition coefficient (Wildman–Crippen LogP) is 21.1. The van der Waals surface area contributed by atoms with Crippen LogP contribution in [0.2, 0.25) is 0 Å². The van der Waals surface area contributed by atoms with Crippen LogP contribution < -0.4 is 4.90 Å². The molecule has 0 atom stereocenters. The minimum atomic E-state index is -0.477. The molecule has 1 aromatic heterocycles. The molecule has 2 heteroatoms. The zero-order valence-electron chi connectivity index (χ0n) is 43.4. The van der Waals surface area contributed by atoms with E-state index >= 15 is 0 Å². The molecule has 12 aromatic rings. The van der Waals surface area contributed by atoms with E-state index in [2.05, 4.69) is 229 Å². The molecule has 0 N–H and O–H groups in total. The van der Waals surface area contributed by atoms with Crippen LogP contribution in [0.4, 0.5) is 17.1 Å². The minimum absolute atomic E-state index is 0.477. The zero-order chi connectivity index (χ0) is 50.6. The van der Waals surface area contributed by atoms with Gasteiger partial charge in [-0.3, -0.25) is 0 Å². The van der Waals surface area contributed by atoms with Crippen molar-refractivity contribution in [1.29, 1.82) is 0 Å². The summed E-state index contributed by atoms with van der Waals surface area (Å²) in [7, 11) is 0. The number of rotatable bonds is 7. The summed E-state index contributed by atoms with van der Waals surface area (Å²) in [6, 6.07) is 85.6. The van der Waals surface area contributed by atoms with E-state index in [-0.39, 0.29) is 0 Å². The number of para-hydroxylation sites is 2. The monoisotopic (exact) mass is 989 g/mol. The molecule has 1 heterocycles. The first-order chi connectivity index (χ1) is 38.2. The maximum atomic E-state index is 6.97. The number of fused-ring (bicyclic) bond motifs is 15. The van der Waals surface area contributed by atoms with Crippen molar-refractivity contribution in [2.45, 2.75) is 81.5 Å².